The Morgan fingerprint density at radius 1 is 1.24 bits per heavy atom. The topological polar surface area (TPSA) is 71.4 Å². The normalized spacial score (nSPS) is 18.0. The number of hydrogen-bond donors (Lipinski definition) is 2. The lowest BCUT2D eigenvalue weighted by Gasteiger charge is -2.28. The standard InChI is InChI=1S/C26H31N5O2S/c1-6-22(32)28-19-11-10-18(15-21(19)33-5)31-24(17-12-14-30(16-17)26(2,3)4)23(29-25(31)34)20-9-7-8-13-27-20/h7-16,23-24H,6H2,1-5H3,(H,28,32)(H,29,34)/t23-,24+/m0/s1. The van der Waals surface area contributed by atoms with Crippen LogP contribution in [0.25, 0.3) is 0 Å². The van der Waals surface area contributed by atoms with Crippen molar-refractivity contribution in [2.24, 2.45) is 0 Å². The van der Waals surface area contributed by atoms with Crippen molar-refractivity contribution in [3.05, 3.63) is 72.3 Å². The average Bonchev–Trinajstić information content (AvgIpc) is 3.44. The van der Waals surface area contributed by atoms with Gasteiger partial charge >= 0.3 is 0 Å². The number of benzene rings is 1. The van der Waals surface area contributed by atoms with Crippen molar-refractivity contribution < 1.29 is 9.53 Å². The molecule has 0 unspecified atom stereocenters. The molecule has 4 rings (SSSR count). The first kappa shape index (κ1) is 23.8. The first-order valence-electron chi connectivity index (χ1n) is 11.4. The van der Waals surface area contributed by atoms with E-state index in [-0.39, 0.29) is 23.5 Å². The lowest BCUT2D eigenvalue weighted by atomic mass is 9.98. The number of pyridine rings is 1. The van der Waals surface area contributed by atoms with Crippen molar-refractivity contribution in [1.29, 1.82) is 0 Å². The van der Waals surface area contributed by atoms with Crippen molar-refractivity contribution in [2.45, 2.75) is 51.7 Å². The van der Waals surface area contributed by atoms with Crippen LogP contribution in [0.15, 0.2) is 61.1 Å². The molecule has 0 aliphatic carbocycles. The van der Waals surface area contributed by atoms with E-state index >= 15 is 0 Å². The lowest BCUT2D eigenvalue weighted by molar-refractivity contribution is -0.115. The summed E-state index contributed by atoms with van der Waals surface area (Å²) >= 11 is 5.83. The highest BCUT2D eigenvalue weighted by Gasteiger charge is 2.41. The minimum absolute atomic E-state index is 0.0432. The van der Waals surface area contributed by atoms with Gasteiger partial charge in [0.25, 0.3) is 0 Å². The van der Waals surface area contributed by atoms with Crippen LogP contribution in [0.4, 0.5) is 11.4 Å². The summed E-state index contributed by atoms with van der Waals surface area (Å²) in [5.74, 6) is 0.510. The Bertz CT molecular complexity index is 1190. The summed E-state index contributed by atoms with van der Waals surface area (Å²) in [6.45, 7) is 8.35. The van der Waals surface area contributed by atoms with Crippen molar-refractivity contribution in [3.63, 3.8) is 0 Å². The molecule has 1 aromatic carbocycles. The molecule has 0 spiro atoms. The van der Waals surface area contributed by atoms with E-state index < -0.39 is 0 Å². The van der Waals surface area contributed by atoms with Gasteiger partial charge in [-0.1, -0.05) is 13.0 Å². The number of anilines is 2. The molecule has 1 fully saturated rings. The highest BCUT2D eigenvalue weighted by Crippen LogP contribution is 2.43. The summed E-state index contributed by atoms with van der Waals surface area (Å²) in [4.78, 5) is 18.7. The number of thiocarbonyl (C=S) groups is 1. The minimum Gasteiger partial charge on any atom is -0.494 e. The van der Waals surface area contributed by atoms with Gasteiger partial charge in [0.1, 0.15) is 5.75 Å². The average molecular weight is 478 g/mol. The zero-order valence-electron chi connectivity index (χ0n) is 20.2. The van der Waals surface area contributed by atoms with Crippen molar-refractivity contribution in [3.8, 4) is 5.75 Å². The molecule has 0 bridgehead atoms. The smallest absolute Gasteiger partial charge is 0.224 e. The third-order valence-electron chi connectivity index (χ3n) is 5.99. The van der Waals surface area contributed by atoms with Gasteiger partial charge in [-0.2, -0.15) is 0 Å². The van der Waals surface area contributed by atoms with Gasteiger partial charge < -0.3 is 24.8 Å². The largest absolute Gasteiger partial charge is 0.494 e. The lowest BCUT2D eigenvalue weighted by Crippen LogP contribution is -2.29. The van der Waals surface area contributed by atoms with Gasteiger partial charge in [-0.3, -0.25) is 9.78 Å². The van der Waals surface area contributed by atoms with Crippen molar-refractivity contribution in [2.75, 3.05) is 17.3 Å². The van der Waals surface area contributed by atoms with Crippen LogP contribution in [-0.4, -0.2) is 27.7 Å². The number of ether oxygens (including phenoxy) is 1. The molecule has 1 saturated heterocycles. The second kappa shape index (κ2) is 9.46. The number of methoxy groups -OCH3 is 1. The number of carbonyl (C=O) groups excluding carboxylic acids is 1. The van der Waals surface area contributed by atoms with Crippen molar-refractivity contribution >= 4 is 34.6 Å². The fourth-order valence-corrected chi connectivity index (χ4v) is 4.49. The monoisotopic (exact) mass is 477 g/mol. The number of nitrogens with one attached hydrogen (secondary N) is 2. The van der Waals surface area contributed by atoms with Crippen LogP contribution in [0.2, 0.25) is 0 Å². The molecular formula is C26H31N5O2S. The molecule has 34 heavy (non-hydrogen) atoms. The van der Waals surface area contributed by atoms with E-state index in [0.717, 1.165) is 16.9 Å². The molecule has 3 heterocycles. The second-order valence-corrected chi connectivity index (χ2v) is 9.69. The molecule has 2 atom stereocenters. The van der Waals surface area contributed by atoms with Crippen LogP contribution in [0.5, 0.6) is 5.75 Å². The predicted molar refractivity (Wildman–Crippen MR) is 139 cm³/mol. The maximum absolute atomic E-state index is 11.9. The summed E-state index contributed by atoms with van der Waals surface area (Å²) < 4.78 is 7.82. The molecule has 1 amide bonds. The Labute approximate surface area is 206 Å². The molecule has 0 saturated carbocycles. The van der Waals surface area contributed by atoms with E-state index in [1.807, 2.05) is 43.3 Å². The van der Waals surface area contributed by atoms with E-state index in [1.165, 1.54) is 0 Å². The SMILES string of the molecule is CCC(=O)Nc1ccc(N2C(=S)N[C@@H](c3ccccn3)[C@H]2c2ccn(C(C)(C)C)c2)cc1OC. The van der Waals surface area contributed by atoms with E-state index in [2.05, 4.69) is 64.3 Å². The summed E-state index contributed by atoms with van der Waals surface area (Å²) in [6, 6.07) is 13.5. The third-order valence-corrected chi connectivity index (χ3v) is 6.30. The van der Waals surface area contributed by atoms with Crippen LogP contribution >= 0.6 is 12.2 Å². The van der Waals surface area contributed by atoms with E-state index in [9.17, 15) is 4.79 Å². The molecule has 8 heteroatoms. The van der Waals surface area contributed by atoms with Crippen LogP contribution in [0.1, 0.15) is 57.5 Å². The second-order valence-electron chi connectivity index (χ2n) is 9.31. The molecule has 0 radical (unpaired) electrons. The summed E-state index contributed by atoms with van der Waals surface area (Å²) in [5, 5.41) is 6.99. The molecule has 1 aliphatic rings. The van der Waals surface area contributed by atoms with Crippen LogP contribution in [-0.2, 0) is 10.3 Å². The molecule has 2 N–H and O–H groups in total. The van der Waals surface area contributed by atoms with Gasteiger partial charge in [0, 0.05) is 42.3 Å². The number of rotatable bonds is 6. The van der Waals surface area contributed by atoms with Crippen LogP contribution < -0.4 is 20.3 Å². The number of aromatic nitrogens is 2. The number of nitrogens with zero attached hydrogens (tertiary/aromatic N) is 3. The Balaban J connectivity index is 1.79. The van der Waals surface area contributed by atoms with Gasteiger partial charge in [-0.15, -0.1) is 0 Å². The highest BCUT2D eigenvalue weighted by atomic mass is 32.1. The highest BCUT2D eigenvalue weighted by molar-refractivity contribution is 7.80. The van der Waals surface area contributed by atoms with Gasteiger partial charge in [0.2, 0.25) is 5.91 Å². The van der Waals surface area contributed by atoms with Crippen LogP contribution in [0, 0.1) is 0 Å². The quantitative estimate of drug-likeness (QED) is 0.477. The summed E-state index contributed by atoms with van der Waals surface area (Å²) in [6.07, 6.45) is 6.47. The fraction of sp³-hybridized carbons (Fsp3) is 0.346. The van der Waals surface area contributed by atoms with E-state index in [4.69, 9.17) is 17.0 Å². The predicted octanol–water partition coefficient (Wildman–Crippen LogP) is 5.17. The number of amides is 1. The zero-order valence-corrected chi connectivity index (χ0v) is 21.0. The van der Waals surface area contributed by atoms with Crippen molar-refractivity contribution in [1.82, 2.24) is 14.9 Å². The van der Waals surface area contributed by atoms with Gasteiger partial charge in [-0.25, -0.2) is 0 Å². The first-order valence-corrected chi connectivity index (χ1v) is 11.8. The number of carbonyl (C=O) groups is 1. The number of hydrogen-bond acceptors (Lipinski definition) is 4. The van der Waals surface area contributed by atoms with Gasteiger partial charge in [0.05, 0.1) is 30.6 Å². The van der Waals surface area contributed by atoms with E-state index in [1.54, 1.807) is 13.3 Å². The molecule has 7 nitrogen and oxygen atoms in total. The van der Waals surface area contributed by atoms with Crippen LogP contribution in [0.3, 0.4) is 0 Å². The summed E-state index contributed by atoms with van der Waals surface area (Å²) in [5.41, 5.74) is 3.50. The molecule has 2 aromatic heterocycles. The van der Waals surface area contributed by atoms with Gasteiger partial charge in [-0.05, 0) is 68.9 Å². The minimum atomic E-state index is -0.130. The molecule has 3 aromatic rings. The Hall–Kier alpha value is -3.39. The Morgan fingerprint density at radius 3 is 2.65 bits per heavy atom. The molecule has 1 aliphatic heterocycles. The summed E-state index contributed by atoms with van der Waals surface area (Å²) in [7, 11) is 1.60. The Morgan fingerprint density at radius 2 is 2.03 bits per heavy atom. The molecular weight excluding hydrogens is 446 g/mol. The molecule has 178 valence electrons. The van der Waals surface area contributed by atoms with Gasteiger partial charge in [0.15, 0.2) is 5.11 Å². The van der Waals surface area contributed by atoms with E-state index in [0.29, 0.717) is 23.0 Å². The maximum Gasteiger partial charge on any atom is 0.224 e. The maximum atomic E-state index is 11.9. The third kappa shape index (κ3) is 4.63. The first-order chi connectivity index (χ1) is 16.2. The zero-order chi connectivity index (χ0) is 24.5. The fourth-order valence-electron chi connectivity index (χ4n) is 4.15. The Kier molecular flexibility index (Phi) is 6.61.